The zero-order valence-electron chi connectivity index (χ0n) is 15.9. The van der Waals surface area contributed by atoms with Crippen molar-refractivity contribution in [3.63, 3.8) is 0 Å². The molecule has 1 aliphatic rings. The van der Waals surface area contributed by atoms with Gasteiger partial charge in [-0.3, -0.25) is 4.79 Å². The van der Waals surface area contributed by atoms with Crippen LogP contribution in [0.4, 0.5) is 4.39 Å². The number of aromatic nitrogens is 3. The van der Waals surface area contributed by atoms with Crippen LogP contribution in [0.1, 0.15) is 28.8 Å². The van der Waals surface area contributed by atoms with E-state index in [2.05, 4.69) is 15.6 Å². The smallest absolute Gasteiger partial charge is 0.251 e. The fourth-order valence-corrected chi connectivity index (χ4v) is 3.50. The molecule has 4 aromatic rings. The van der Waals surface area contributed by atoms with Crippen LogP contribution >= 0.6 is 0 Å². The van der Waals surface area contributed by atoms with E-state index in [0.29, 0.717) is 28.4 Å². The molecular weight excluding hydrogens is 367 g/mol. The molecule has 5 nitrogen and oxygen atoms in total. The number of pyridine rings is 1. The SMILES string of the molecule is Cc1ccc(C(=O)NC2CC2)cc1-c1cccc2c(-c3ccccc3F)nnn12. The fraction of sp³-hybridized carbons (Fsp3) is 0.174. The Balaban J connectivity index is 1.62. The number of hydrogen-bond acceptors (Lipinski definition) is 3. The highest BCUT2D eigenvalue weighted by Crippen LogP contribution is 2.30. The molecule has 29 heavy (non-hydrogen) atoms. The second kappa shape index (κ2) is 6.81. The van der Waals surface area contributed by atoms with Gasteiger partial charge in [-0.1, -0.05) is 29.5 Å². The average Bonchev–Trinajstić information content (AvgIpc) is 3.44. The molecule has 1 N–H and O–H groups in total. The monoisotopic (exact) mass is 386 g/mol. The molecule has 1 fully saturated rings. The topological polar surface area (TPSA) is 59.3 Å². The second-order valence-electron chi connectivity index (χ2n) is 7.40. The fourth-order valence-electron chi connectivity index (χ4n) is 3.50. The normalized spacial score (nSPS) is 13.6. The maximum atomic E-state index is 14.3. The van der Waals surface area contributed by atoms with Gasteiger partial charge in [-0.15, -0.1) is 5.10 Å². The van der Waals surface area contributed by atoms with Crippen molar-refractivity contribution in [1.82, 2.24) is 20.1 Å². The van der Waals surface area contributed by atoms with E-state index >= 15 is 0 Å². The third-order valence-corrected chi connectivity index (χ3v) is 5.26. The summed E-state index contributed by atoms with van der Waals surface area (Å²) in [4.78, 5) is 12.5. The Labute approximate surface area is 167 Å². The maximum absolute atomic E-state index is 14.3. The minimum Gasteiger partial charge on any atom is -0.349 e. The summed E-state index contributed by atoms with van der Waals surface area (Å²) in [7, 11) is 0. The maximum Gasteiger partial charge on any atom is 0.251 e. The minimum atomic E-state index is -0.338. The van der Waals surface area contributed by atoms with Crippen LogP contribution in [0, 0.1) is 12.7 Å². The van der Waals surface area contributed by atoms with Crippen LogP contribution in [-0.2, 0) is 0 Å². The van der Waals surface area contributed by atoms with E-state index in [1.54, 1.807) is 22.7 Å². The average molecular weight is 386 g/mol. The molecule has 6 heteroatoms. The molecule has 5 rings (SSSR count). The Hall–Kier alpha value is -3.54. The van der Waals surface area contributed by atoms with Crippen molar-refractivity contribution in [1.29, 1.82) is 0 Å². The zero-order chi connectivity index (χ0) is 20.0. The first-order chi connectivity index (χ1) is 14.1. The summed E-state index contributed by atoms with van der Waals surface area (Å²) >= 11 is 0. The summed E-state index contributed by atoms with van der Waals surface area (Å²) in [5.41, 5.74) is 4.94. The van der Waals surface area contributed by atoms with Crippen molar-refractivity contribution in [2.24, 2.45) is 0 Å². The number of rotatable bonds is 4. The van der Waals surface area contributed by atoms with Crippen LogP contribution < -0.4 is 5.32 Å². The lowest BCUT2D eigenvalue weighted by atomic mass is 10.0. The third kappa shape index (κ3) is 3.16. The van der Waals surface area contributed by atoms with Crippen molar-refractivity contribution < 1.29 is 9.18 Å². The van der Waals surface area contributed by atoms with E-state index in [1.165, 1.54) is 6.07 Å². The summed E-state index contributed by atoms with van der Waals surface area (Å²) in [5, 5.41) is 11.5. The number of fused-ring (bicyclic) bond motifs is 1. The van der Waals surface area contributed by atoms with Gasteiger partial charge in [0.2, 0.25) is 0 Å². The Morgan fingerprint density at radius 1 is 1.07 bits per heavy atom. The quantitative estimate of drug-likeness (QED) is 0.565. The lowest BCUT2D eigenvalue weighted by Crippen LogP contribution is -2.25. The number of nitrogens with one attached hydrogen (secondary N) is 1. The van der Waals surface area contributed by atoms with Gasteiger partial charge in [-0.25, -0.2) is 8.91 Å². The van der Waals surface area contributed by atoms with Crippen molar-refractivity contribution in [3.8, 4) is 22.5 Å². The lowest BCUT2D eigenvalue weighted by Gasteiger charge is -2.11. The molecule has 0 spiro atoms. The summed E-state index contributed by atoms with van der Waals surface area (Å²) in [6.45, 7) is 1.99. The number of halogens is 1. The number of amides is 1. The van der Waals surface area contributed by atoms with Crippen molar-refractivity contribution in [3.05, 3.63) is 77.6 Å². The van der Waals surface area contributed by atoms with E-state index in [4.69, 9.17) is 0 Å². The predicted molar refractivity (Wildman–Crippen MR) is 109 cm³/mol. The lowest BCUT2D eigenvalue weighted by molar-refractivity contribution is 0.0951. The first-order valence-electron chi connectivity index (χ1n) is 9.63. The number of carbonyl (C=O) groups excluding carboxylic acids is 1. The van der Waals surface area contributed by atoms with E-state index in [1.807, 2.05) is 43.3 Å². The van der Waals surface area contributed by atoms with Crippen molar-refractivity contribution in [2.45, 2.75) is 25.8 Å². The molecular formula is C23H19FN4O. The molecule has 2 aromatic carbocycles. The molecule has 0 bridgehead atoms. The van der Waals surface area contributed by atoms with Gasteiger partial charge in [0, 0.05) is 22.7 Å². The predicted octanol–water partition coefficient (Wildman–Crippen LogP) is 4.40. The number of hydrogen-bond donors (Lipinski definition) is 1. The van der Waals surface area contributed by atoms with E-state index < -0.39 is 0 Å². The second-order valence-corrected chi connectivity index (χ2v) is 7.40. The van der Waals surface area contributed by atoms with Gasteiger partial charge in [0.05, 0.1) is 11.2 Å². The van der Waals surface area contributed by atoms with Gasteiger partial charge in [0.1, 0.15) is 11.5 Å². The molecule has 2 heterocycles. The molecule has 1 aliphatic carbocycles. The molecule has 2 aromatic heterocycles. The summed E-state index contributed by atoms with van der Waals surface area (Å²) < 4.78 is 16.0. The van der Waals surface area contributed by atoms with Crippen LogP contribution in [0.25, 0.3) is 28.0 Å². The molecule has 0 atom stereocenters. The Morgan fingerprint density at radius 2 is 1.90 bits per heavy atom. The zero-order valence-corrected chi connectivity index (χ0v) is 15.9. The number of carbonyl (C=O) groups is 1. The number of nitrogens with zero attached hydrogens (tertiary/aromatic N) is 3. The van der Waals surface area contributed by atoms with Crippen molar-refractivity contribution >= 4 is 11.4 Å². The number of benzene rings is 2. The highest BCUT2D eigenvalue weighted by Gasteiger charge is 2.24. The largest absolute Gasteiger partial charge is 0.349 e. The Morgan fingerprint density at radius 3 is 2.69 bits per heavy atom. The first kappa shape index (κ1) is 17.6. The van der Waals surface area contributed by atoms with Gasteiger partial charge >= 0.3 is 0 Å². The molecule has 0 saturated heterocycles. The van der Waals surface area contributed by atoms with Crippen LogP contribution in [0.3, 0.4) is 0 Å². The van der Waals surface area contributed by atoms with Gasteiger partial charge < -0.3 is 5.32 Å². The third-order valence-electron chi connectivity index (χ3n) is 5.26. The van der Waals surface area contributed by atoms with E-state index in [9.17, 15) is 9.18 Å². The van der Waals surface area contributed by atoms with Crippen LogP contribution in [0.5, 0.6) is 0 Å². The van der Waals surface area contributed by atoms with Gasteiger partial charge in [-0.2, -0.15) is 0 Å². The molecule has 0 unspecified atom stereocenters. The van der Waals surface area contributed by atoms with Gasteiger partial charge in [0.25, 0.3) is 5.91 Å². The van der Waals surface area contributed by atoms with Gasteiger partial charge in [-0.05, 0) is 61.7 Å². The molecule has 0 aliphatic heterocycles. The molecule has 144 valence electrons. The summed E-state index contributed by atoms with van der Waals surface area (Å²) in [5.74, 6) is -0.401. The molecule has 1 amide bonds. The Kier molecular flexibility index (Phi) is 4.12. The summed E-state index contributed by atoms with van der Waals surface area (Å²) in [6.07, 6.45) is 2.09. The number of aryl methyl sites for hydroxylation is 1. The Bertz CT molecular complexity index is 1240. The minimum absolute atomic E-state index is 0.0634. The van der Waals surface area contributed by atoms with E-state index in [-0.39, 0.29) is 11.7 Å². The van der Waals surface area contributed by atoms with Crippen LogP contribution in [0.15, 0.2) is 60.7 Å². The van der Waals surface area contributed by atoms with Gasteiger partial charge in [0.15, 0.2) is 0 Å². The standard InChI is InChI=1S/C23H19FN4O/c1-14-9-10-15(23(29)25-16-11-12-16)13-18(14)20-7-4-8-21-22(26-27-28(20)21)17-5-2-3-6-19(17)24/h2-10,13,16H,11-12H2,1H3,(H,25,29). The first-order valence-corrected chi connectivity index (χ1v) is 9.63. The van der Waals surface area contributed by atoms with Crippen LogP contribution in [0.2, 0.25) is 0 Å². The van der Waals surface area contributed by atoms with Crippen LogP contribution in [-0.4, -0.2) is 26.8 Å². The highest BCUT2D eigenvalue weighted by molar-refractivity contribution is 5.96. The molecule has 0 radical (unpaired) electrons. The highest BCUT2D eigenvalue weighted by atomic mass is 19.1. The molecule has 1 saturated carbocycles. The van der Waals surface area contributed by atoms with Crippen molar-refractivity contribution in [2.75, 3.05) is 0 Å². The summed E-state index contributed by atoms with van der Waals surface area (Å²) in [6, 6.07) is 18.2. The van der Waals surface area contributed by atoms with E-state index in [0.717, 1.165) is 29.7 Å².